The van der Waals surface area contributed by atoms with E-state index in [1.807, 2.05) is 18.2 Å². The van der Waals surface area contributed by atoms with E-state index in [1.54, 1.807) is 13.2 Å². The Balaban J connectivity index is 2.02. The van der Waals surface area contributed by atoms with E-state index < -0.39 is 0 Å². The summed E-state index contributed by atoms with van der Waals surface area (Å²) >= 11 is 0. The summed E-state index contributed by atoms with van der Waals surface area (Å²) in [5.74, 6) is 0.363. The first-order valence-electron chi connectivity index (χ1n) is 6.48. The number of rotatable bonds is 4. The van der Waals surface area contributed by atoms with Gasteiger partial charge in [-0.2, -0.15) is 0 Å². The van der Waals surface area contributed by atoms with Crippen molar-refractivity contribution in [1.29, 1.82) is 0 Å². The van der Waals surface area contributed by atoms with Gasteiger partial charge in [-0.25, -0.2) is 0 Å². The van der Waals surface area contributed by atoms with Crippen LogP contribution in [0.2, 0.25) is 0 Å². The normalized spacial score (nSPS) is 25.2. The Morgan fingerprint density at radius 1 is 1.44 bits per heavy atom. The topological polar surface area (TPSA) is 58.7 Å². The van der Waals surface area contributed by atoms with Crippen LogP contribution in [-0.4, -0.2) is 42.4 Å². The van der Waals surface area contributed by atoms with Gasteiger partial charge in [0.15, 0.2) is 0 Å². The number of nitrogens with zero attached hydrogens (tertiary/aromatic N) is 1. The largest absolute Gasteiger partial charge is 0.508 e. The minimum absolute atomic E-state index is 0.319. The lowest BCUT2D eigenvalue weighted by molar-refractivity contribution is 0.0100. The van der Waals surface area contributed by atoms with Crippen LogP contribution in [0.1, 0.15) is 18.4 Å². The first-order chi connectivity index (χ1) is 8.74. The van der Waals surface area contributed by atoms with Crippen LogP contribution in [0.4, 0.5) is 0 Å². The van der Waals surface area contributed by atoms with E-state index in [1.165, 1.54) is 0 Å². The molecule has 1 heterocycles. The quantitative estimate of drug-likeness (QED) is 0.846. The van der Waals surface area contributed by atoms with Crippen LogP contribution < -0.4 is 5.73 Å². The molecule has 0 aromatic heterocycles. The van der Waals surface area contributed by atoms with Gasteiger partial charge in [-0.15, -0.1) is 0 Å². The van der Waals surface area contributed by atoms with Crippen LogP contribution in [0.25, 0.3) is 0 Å². The molecule has 0 aliphatic carbocycles. The molecule has 18 heavy (non-hydrogen) atoms. The van der Waals surface area contributed by atoms with Gasteiger partial charge in [0.05, 0.1) is 6.10 Å². The van der Waals surface area contributed by atoms with E-state index in [0.717, 1.165) is 31.5 Å². The number of para-hydroxylation sites is 1. The number of aromatic hydroxyl groups is 1. The Morgan fingerprint density at radius 2 is 2.22 bits per heavy atom. The highest BCUT2D eigenvalue weighted by atomic mass is 16.5. The summed E-state index contributed by atoms with van der Waals surface area (Å²) in [5.41, 5.74) is 6.81. The van der Waals surface area contributed by atoms with Crippen LogP contribution in [0.5, 0.6) is 5.75 Å². The molecule has 4 nitrogen and oxygen atoms in total. The van der Waals surface area contributed by atoms with Gasteiger partial charge in [0.25, 0.3) is 0 Å². The summed E-state index contributed by atoms with van der Waals surface area (Å²) in [4.78, 5) is 2.34. The summed E-state index contributed by atoms with van der Waals surface area (Å²) < 4.78 is 5.41. The third-order valence-electron chi connectivity index (χ3n) is 3.76. The fourth-order valence-electron chi connectivity index (χ4n) is 2.59. The predicted molar refractivity (Wildman–Crippen MR) is 71.4 cm³/mol. The number of hydrogen-bond donors (Lipinski definition) is 2. The molecule has 1 aliphatic heterocycles. The van der Waals surface area contributed by atoms with Crippen molar-refractivity contribution in [1.82, 2.24) is 4.90 Å². The minimum Gasteiger partial charge on any atom is -0.508 e. The second-order valence-corrected chi connectivity index (χ2v) is 4.87. The molecule has 100 valence electrons. The van der Waals surface area contributed by atoms with E-state index in [0.29, 0.717) is 24.4 Å². The Labute approximate surface area is 108 Å². The van der Waals surface area contributed by atoms with E-state index in [2.05, 4.69) is 4.90 Å². The second-order valence-electron chi connectivity index (χ2n) is 4.87. The number of phenolic OH excluding ortho intramolecular Hbond substituents is 1. The van der Waals surface area contributed by atoms with Crippen molar-refractivity contribution in [3.63, 3.8) is 0 Å². The summed E-state index contributed by atoms with van der Waals surface area (Å²) in [6.45, 7) is 2.35. The maximum atomic E-state index is 9.82. The molecule has 0 saturated carbocycles. The fraction of sp³-hybridized carbons (Fsp3) is 0.571. The Bertz CT molecular complexity index is 384. The summed E-state index contributed by atoms with van der Waals surface area (Å²) in [5, 5.41) is 9.82. The van der Waals surface area contributed by atoms with Crippen molar-refractivity contribution in [2.45, 2.75) is 31.5 Å². The fourth-order valence-corrected chi connectivity index (χ4v) is 2.59. The van der Waals surface area contributed by atoms with Crippen LogP contribution in [-0.2, 0) is 11.3 Å². The number of nitrogens with two attached hydrogens (primary N) is 1. The minimum atomic E-state index is 0.319. The lowest BCUT2D eigenvalue weighted by Gasteiger charge is -2.38. The van der Waals surface area contributed by atoms with Gasteiger partial charge < -0.3 is 15.6 Å². The van der Waals surface area contributed by atoms with Gasteiger partial charge in [0, 0.05) is 38.3 Å². The molecule has 2 unspecified atom stereocenters. The van der Waals surface area contributed by atoms with Crippen LogP contribution in [0.15, 0.2) is 24.3 Å². The first kappa shape index (κ1) is 13.3. The molecule has 0 radical (unpaired) electrons. The van der Waals surface area contributed by atoms with Crippen LogP contribution in [0, 0.1) is 0 Å². The molecule has 2 rings (SSSR count). The monoisotopic (exact) mass is 250 g/mol. The molecule has 1 aromatic carbocycles. The molecule has 2 atom stereocenters. The number of piperidine rings is 1. The summed E-state index contributed by atoms with van der Waals surface area (Å²) in [6, 6.07) is 7.83. The number of methoxy groups -OCH3 is 1. The molecule has 3 N–H and O–H groups in total. The van der Waals surface area contributed by atoms with Crippen molar-refractivity contribution in [3.05, 3.63) is 29.8 Å². The molecule has 0 bridgehead atoms. The van der Waals surface area contributed by atoms with E-state index in [4.69, 9.17) is 10.5 Å². The number of benzene rings is 1. The van der Waals surface area contributed by atoms with Gasteiger partial charge in [-0.3, -0.25) is 4.90 Å². The van der Waals surface area contributed by atoms with Gasteiger partial charge in [0.2, 0.25) is 0 Å². The van der Waals surface area contributed by atoms with Crippen molar-refractivity contribution >= 4 is 0 Å². The number of likely N-dealkylation sites (tertiary alicyclic amines) is 1. The molecule has 4 heteroatoms. The summed E-state index contributed by atoms with van der Waals surface area (Å²) in [7, 11) is 1.76. The van der Waals surface area contributed by atoms with Crippen molar-refractivity contribution in [2.75, 3.05) is 20.2 Å². The average Bonchev–Trinajstić information content (AvgIpc) is 2.41. The lowest BCUT2D eigenvalue weighted by atomic mass is 9.98. The van der Waals surface area contributed by atoms with E-state index in [9.17, 15) is 5.11 Å². The molecule has 0 spiro atoms. The third-order valence-corrected chi connectivity index (χ3v) is 3.76. The zero-order valence-corrected chi connectivity index (χ0v) is 10.9. The lowest BCUT2D eigenvalue weighted by Crippen LogP contribution is -2.47. The molecular weight excluding hydrogens is 228 g/mol. The maximum absolute atomic E-state index is 9.82. The highest BCUT2D eigenvalue weighted by Crippen LogP contribution is 2.24. The molecular formula is C14H22N2O2. The number of phenols is 1. The van der Waals surface area contributed by atoms with Gasteiger partial charge in [-0.05, 0) is 18.9 Å². The van der Waals surface area contributed by atoms with E-state index >= 15 is 0 Å². The zero-order chi connectivity index (χ0) is 13.0. The smallest absolute Gasteiger partial charge is 0.120 e. The highest BCUT2D eigenvalue weighted by Gasteiger charge is 2.27. The first-order valence-corrected chi connectivity index (χ1v) is 6.48. The zero-order valence-electron chi connectivity index (χ0n) is 10.9. The molecule has 0 amide bonds. The highest BCUT2D eigenvalue weighted by molar-refractivity contribution is 5.31. The van der Waals surface area contributed by atoms with Crippen molar-refractivity contribution in [3.8, 4) is 5.75 Å². The molecule has 1 saturated heterocycles. The van der Waals surface area contributed by atoms with Crippen LogP contribution >= 0.6 is 0 Å². The third kappa shape index (κ3) is 3.02. The van der Waals surface area contributed by atoms with Crippen molar-refractivity contribution in [2.24, 2.45) is 5.73 Å². The van der Waals surface area contributed by atoms with Gasteiger partial charge >= 0.3 is 0 Å². The van der Waals surface area contributed by atoms with E-state index in [-0.39, 0.29) is 0 Å². The van der Waals surface area contributed by atoms with Crippen LogP contribution in [0.3, 0.4) is 0 Å². The Hall–Kier alpha value is -1.10. The van der Waals surface area contributed by atoms with Gasteiger partial charge in [0.1, 0.15) is 5.75 Å². The molecule has 1 aliphatic rings. The maximum Gasteiger partial charge on any atom is 0.120 e. The average molecular weight is 250 g/mol. The van der Waals surface area contributed by atoms with Gasteiger partial charge in [-0.1, -0.05) is 18.2 Å². The SMILES string of the molecule is COC1CCN(Cc2ccccc2O)C(CN)C1. The Morgan fingerprint density at radius 3 is 2.89 bits per heavy atom. The Kier molecular flexibility index (Phi) is 4.58. The number of hydrogen-bond acceptors (Lipinski definition) is 4. The standard InChI is InChI=1S/C14H22N2O2/c1-18-13-6-7-16(12(8-13)9-15)10-11-4-2-3-5-14(11)17/h2-5,12-13,17H,6-10,15H2,1H3. The predicted octanol–water partition coefficient (Wildman–Crippen LogP) is 1.33. The van der Waals surface area contributed by atoms with Crippen molar-refractivity contribution < 1.29 is 9.84 Å². The number of ether oxygens (including phenoxy) is 1. The molecule has 1 aromatic rings. The summed E-state index contributed by atoms with van der Waals surface area (Å²) in [6.07, 6.45) is 2.32. The second kappa shape index (κ2) is 6.18. The molecule has 1 fully saturated rings.